The lowest BCUT2D eigenvalue weighted by Gasteiger charge is -2.03. The SMILES string of the molecule is OCc1ccc(N=C2c3ccccc3-c3ccccc32)cc1. The van der Waals surface area contributed by atoms with Gasteiger partial charge in [-0.05, 0) is 28.8 Å². The van der Waals surface area contributed by atoms with Crippen LogP contribution in [0.1, 0.15) is 16.7 Å². The van der Waals surface area contributed by atoms with Gasteiger partial charge in [-0.15, -0.1) is 0 Å². The molecule has 4 rings (SSSR count). The molecule has 0 bridgehead atoms. The van der Waals surface area contributed by atoms with E-state index in [4.69, 9.17) is 10.1 Å². The average molecular weight is 285 g/mol. The minimum absolute atomic E-state index is 0.0581. The van der Waals surface area contributed by atoms with Crippen LogP contribution in [0.15, 0.2) is 77.8 Å². The largest absolute Gasteiger partial charge is 0.392 e. The first-order valence-electron chi connectivity index (χ1n) is 7.34. The normalized spacial score (nSPS) is 12.0. The molecule has 0 amide bonds. The quantitative estimate of drug-likeness (QED) is 0.584. The van der Waals surface area contributed by atoms with E-state index in [1.165, 1.54) is 22.3 Å². The number of benzene rings is 3. The molecule has 0 heterocycles. The molecule has 0 fully saturated rings. The molecule has 0 spiro atoms. The summed E-state index contributed by atoms with van der Waals surface area (Å²) in [5.41, 5.74) is 7.65. The number of hydrogen-bond donors (Lipinski definition) is 1. The van der Waals surface area contributed by atoms with Crippen LogP contribution in [-0.4, -0.2) is 10.8 Å². The van der Waals surface area contributed by atoms with Gasteiger partial charge in [0.1, 0.15) is 0 Å². The molecule has 1 aliphatic rings. The van der Waals surface area contributed by atoms with Crippen molar-refractivity contribution >= 4 is 11.4 Å². The maximum absolute atomic E-state index is 9.14. The second-order valence-corrected chi connectivity index (χ2v) is 5.38. The van der Waals surface area contributed by atoms with Crippen LogP contribution in [-0.2, 0) is 6.61 Å². The van der Waals surface area contributed by atoms with Crippen LogP contribution in [0, 0.1) is 0 Å². The number of hydrogen-bond acceptors (Lipinski definition) is 2. The van der Waals surface area contributed by atoms with Gasteiger partial charge in [0.15, 0.2) is 0 Å². The Kier molecular flexibility index (Phi) is 3.10. The fraction of sp³-hybridized carbons (Fsp3) is 0.0500. The van der Waals surface area contributed by atoms with Gasteiger partial charge in [-0.25, -0.2) is 4.99 Å². The Hall–Kier alpha value is -2.71. The third kappa shape index (κ3) is 2.05. The molecule has 0 aromatic heterocycles. The molecule has 0 atom stereocenters. The molecule has 0 radical (unpaired) electrons. The van der Waals surface area contributed by atoms with Crippen LogP contribution in [0.2, 0.25) is 0 Å². The number of nitrogens with zero attached hydrogens (tertiary/aromatic N) is 1. The van der Waals surface area contributed by atoms with E-state index in [9.17, 15) is 0 Å². The molecule has 106 valence electrons. The summed E-state index contributed by atoms with van der Waals surface area (Å²) in [6.07, 6.45) is 0. The number of aliphatic imine (C=N–C) groups is 1. The highest BCUT2D eigenvalue weighted by molar-refractivity contribution is 6.25. The number of aliphatic hydroxyl groups excluding tert-OH is 1. The Labute approximate surface area is 129 Å². The second kappa shape index (κ2) is 5.24. The van der Waals surface area contributed by atoms with Crippen LogP contribution >= 0.6 is 0 Å². The van der Waals surface area contributed by atoms with Gasteiger partial charge in [0, 0.05) is 11.1 Å². The molecule has 3 aromatic carbocycles. The van der Waals surface area contributed by atoms with Crippen LogP contribution < -0.4 is 0 Å². The third-order valence-corrected chi connectivity index (χ3v) is 4.01. The van der Waals surface area contributed by atoms with E-state index in [2.05, 4.69) is 48.5 Å². The van der Waals surface area contributed by atoms with Crippen molar-refractivity contribution in [1.29, 1.82) is 0 Å². The molecule has 1 aliphatic carbocycles. The van der Waals surface area contributed by atoms with Gasteiger partial charge in [0.25, 0.3) is 0 Å². The van der Waals surface area contributed by atoms with E-state index in [0.717, 1.165) is 17.0 Å². The van der Waals surface area contributed by atoms with Gasteiger partial charge in [0.05, 0.1) is 18.0 Å². The number of rotatable bonds is 2. The Morgan fingerprint density at radius 1 is 0.636 bits per heavy atom. The summed E-state index contributed by atoms with van der Waals surface area (Å²) in [4.78, 5) is 4.85. The van der Waals surface area contributed by atoms with Crippen LogP contribution in [0.25, 0.3) is 11.1 Å². The molecule has 0 saturated heterocycles. The summed E-state index contributed by atoms with van der Waals surface area (Å²) in [5.74, 6) is 0. The van der Waals surface area contributed by atoms with E-state index >= 15 is 0 Å². The molecular weight excluding hydrogens is 270 g/mol. The maximum Gasteiger partial charge on any atom is 0.0794 e. The van der Waals surface area contributed by atoms with Crippen molar-refractivity contribution in [3.05, 3.63) is 89.5 Å². The summed E-state index contributed by atoms with van der Waals surface area (Å²) >= 11 is 0. The molecule has 1 N–H and O–H groups in total. The predicted molar refractivity (Wildman–Crippen MR) is 89.5 cm³/mol. The van der Waals surface area contributed by atoms with Crippen molar-refractivity contribution in [3.63, 3.8) is 0 Å². The lowest BCUT2D eigenvalue weighted by atomic mass is 10.1. The van der Waals surface area contributed by atoms with Crippen LogP contribution in [0.5, 0.6) is 0 Å². The highest BCUT2D eigenvalue weighted by Gasteiger charge is 2.23. The Morgan fingerprint density at radius 3 is 1.64 bits per heavy atom. The van der Waals surface area contributed by atoms with Crippen molar-refractivity contribution in [1.82, 2.24) is 0 Å². The van der Waals surface area contributed by atoms with Crippen LogP contribution in [0.3, 0.4) is 0 Å². The lowest BCUT2D eigenvalue weighted by Crippen LogP contribution is -1.97. The first-order valence-corrected chi connectivity index (χ1v) is 7.34. The van der Waals surface area contributed by atoms with E-state index < -0.39 is 0 Å². The Bertz CT molecular complexity index is 815. The maximum atomic E-state index is 9.14. The summed E-state index contributed by atoms with van der Waals surface area (Å²) in [6.45, 7) is 0.0581. The zero-order chi connectivity index (χ0) is 14.9. The molecular formula is C20H15NO. The van der Waals surface area contributed by atoms with Crippen molar-refractivity contribution in [3.8, 4) is 11.1 Å². The molecule has 3 aromatic rings. The van der Waals surface area contributed by atoms with Crippen molar-refractivity contribution < 1.29 is 5.11 Å². The molecule has 2 nitrogen and oxygen atoms in total. The van der Waals surface area contributed by atoms with Gasteiger partial charge in [-0.1, -0.05) is 60.7 Å². The Morgan fingerprint density at radius 2 is 1.14 bits per heavy atom. The van der Waals surface area contributed by atoms with E-state index in [1.807, 2.05) is 24.3 Å². The summed E-state index contributed by atoms with van der Waals surface area (Å²) in [6, 6.07) is 24.5. The molecule has 22 heavy (non-hydrogen) atoms. The minimum Gasteiger partial charge on any atom is -0.392 e. The van der Waals surface area contributed by atoms with Crippen molar-refractivity contribution in [2.75, 3.05) is 0 Å². The molecule has 0 saturated carbocycles. The summed E-state index contributed by atoms with van der Waals surface area (Å²) in [5, 5.41) is 9.14. The van der Waals surface area contributed by atoms with E-state index in [1.54, 1.807) is 0 Å². The van der Waals surface area contributed by atoms with Gasteiger partial charge >= 0.3 is 0 Å². The minimum atomic E-state index is 0.0581. The van der Waals surface area contributed by atoms with Crippen molar-refractivity contribution in [2.45, 2.75) is 6.61 Å². The monoisotopic (exact) mass is 285 g/mol. The first-order chi connectivity index (χ1) is 10.9. The highest BCUT2D eigenvalue weighted by atomic mass is 16.3. The Balaban J connectivity index is 1.88. The highest BCUT2D eigenvalue weighted by Crippen LogP contribution is 2.37. The molecule has 0 unspecified atom stereocenters. The topological polar surface area (TPSA) is 32.6 Å². The fourth-order valence-corrected chi connectivity index (χ4v) is 2.92. The number of fused-ring (bicyclic) bond motifs is 3. The summed E-state index contributed by atoms with van der Waals surface area (Å²) in [7, 11) is 0. The second-order valence-electron chi connectivity index (χ2n) is 5.38. The molecule has 2 heteroatoms. The average Bonchev–Trinajstić information content (AvgIpc) is 2.90. The van der Waals surface area contributed by atoms with Crippen LogP contribution in [0.4, 0.5) is 5.69 Å². The van der Waals surface area contributed by atoms with Gasteiger partial charge in [0.2, 0.25) is 0 Å². The van der Waals surface area contributed by atoms with Gasteiger partial charge < -0.3 is 5.11 Å². The smallest absolute Gasteiger partial charge is 0.0794 e. The predicted octanol–water partition coefficient (Wildman–Crippen LogP) is 4.33. The zero-order valence-corrected chi connectivity index (χ0v) is 12.0. The van der Waals surface area contributed by atoms with Crippen molar-refractivity contribution in [2.24, 2.45) is 4.99 Å². The lowest BCUT2D eigenvalue weighted by molar-refractivity contribution is 0.282. The zero-order valence-electron chi connectivity index (χ0n) is 12.0. The van der Waals surface area contributed by atoms with E-state index in [0.29, 0.717) is 0 Å². The van der Waals surface area contributed by atoms with Gasteiger partial charge in [-0.3, -0.25) is 0 Å². The first kappa shape index (κ1) is 13.0. The molecule has 0 aliphatic heterocycles. The fourth-order valence-electron chi connectivity index (χ4n) is 2.92. The number of aliphatic hydroxyl groups is 1. The summed E-state index contributed by atoms with van der Waals surface area (Å²) < 4.78 is 0. The van der Waals surface area contributed by atoms with Gasteiger partial charge in [-0.2, -0.15) is 0 Å². The third-order valence-electron chi connectivity index (χ3n) is 4.01. The standard InChI is InChI=1S/C20H15NO/c22-13-14-9-11-15(12-10-14)21-20-18-7-3-1-5-16(18)17-6-2-4-8-19(17)20/h1-12,22H,13H2. The van der Waals surface area contributed by atoms with E-state index in [-0.39, 0.29) is 6.61 Å².